The Labute approximate surface area is 180 Å². The van der Waals surface area contributed by atoms with Gasteiger partial charge < -0.3 is 15.1 Å². The standard InChI is InChI=1S/C22H26FN7O/c1-4-24-20-13-15(2)25-22(26-20)30-11-9-29(10-12-30)21(31)19-14-18(27-28(19)3)16-5-7-17(23)8-6-16/h5-8,13-14H,4,9-12H2,1-3H3,(H,24,25,26). The topological polar surface area (TPSA) is 79.2 Å². The Kier molecular flexibility index (Phi) is 5.83. The number of aryl methyl sites for hydroxylation is 2. The van der Waals surface area contributed by atoms with Gasteiger partial charge in [0.05, 0.1) is 5.69 Å². The summed E-state index contributed by atoms with van der Waals surface area (Å²) in [7, 11) is 1.75. The molecule has 1 saturated heterocycles. The van der Waals surface area contributed by atoms with Crippen molar-refractivity contribution >= 4 is 17.7 Å². The molecule has 0 spiro atoms. The second-order valence-corrected chi connectivity index (χ2v) is 7.55. The van der Waals surface area contributed by atoms with E-state index in [1.54, 1.807) is 29.9 Å². The van der Waals surface area contributed by atoms with E-state index < -0.39 is 0 Å². The van der Waals surface area contributed by atoms with Gasteiger partial charge in [-0.3, -0.25) is 9.48 Å². The minimum atomic E-state index is -0.302. The molecule has 4 rings (SSSR count). The monoisotopic (exact) mass is 423 g/mol. The molecule has 0 unspecified atom stereocenters. The fourth-order valence-electron chi connectivity index (χ4n) is 3.67. The van der Waals surface area contributed by atoms with E-state index in [4.69, 9.17) is 0 Å². The van der Waals surface area contributed by atoms with Crippen LogP contribution < -0.4 is 10.2 Å². The van der Waals surface area contributed by atoms with Gasteiger partial charge in [0.1, 0.15) is 17.3 Å². The number of aromatic nitrogens is 4. The summed E-state index contributed by atoms with van der Waals surface area (Å²) in [5.41, 5.74) is 2.83. The van der Waals surface area contributed by atoms with Crippen LogP contribution in [0.4, 0.5) is 16.2 Å². The van der Waals surface area contributed by atoms with Gasteiger partial charge in [0.15, 0.2) is 0 Å². The molecule has 1 aliphatic rings. The number of rotatable bonds is 5. The first-order valence-corrected chi connectivity index (χ1v) is 10.4. The van der Waals surface area contributed by atoms with Crippen molar-refractivity contribution in [3.63, 3.8) is 0 Å². The Morgan fingerprint density at radius 2 is 1.81 bits per heavy atom. The number of carbonyl (C=O) groups excluding carboxylic acids is 1. The molecule has 1 fully saturated rings. The Morgan fingerprint density at radius 3 is 2.48 bits per heavy atom. The molecular weight excluding hydrogens is 397 g/mol. The normalized spacial score (nSPS) is 14.1. The summed E-state index contributed by atoms with van der Waals surface area (Å²) in [5, 5.41) is 7.66. The molecule has 0 radical (unpaired) electrons. The van der Waals surface area contributed by atoms with E-state index in [0.717, 1.165) is 23.6 Å². The number of nitrogens with one attached hydrogen (secondary N) is 1. The Morgan fingerprint density at radius 1 is 1.10 bits per heavy atom. The third kappa shape index (κ3) is 4.50. The lowest BCUT2D eigenvalue weighted by atomic mass is 10.1. The van der Waals surface area contributed by atoms with E-state index in [2.05, 4.69) is 25.3 Å². The molecule has 31 heavy (non-hydrogen) atoms. The van der Waals surface area contributed by atoms with Crippen molar-refractivity contribution in [3.8, 4) is 11.3 Å². The van der Waals surface area contributed by atoms with Gasteiger partial charge in [-0.25, -0.2) is 9.37 Å². The highest BCUT2D eigenvalue weighted by Crippen LogP contribution is 2.21. The van der Waals surface area contributed by atoms with Gasteiger partial charge in [-0.05, 0) is 44.2 Å². The molecule has 0 atom stereocenters. The summed E-state index contributed by atoms with van der Waals surface area (Å²) < 4.78 is 14.8. The van der Waals surface area contributed by atoms with Crippen molar-refractivity contribution in [1.82, 2.24) is 24.6 Å². The van der Waals surface area contributed by atoms with Crippen molar-refractivity contribution in [3.05, 3.63) is 53.6 Å². The number of halogens is 1. The van der Waals surface area contributed by atoms with E-state index in [1.165, 1.54) is 12.1 Å². The third-order valence-electron chi connectivity index (χ3n) is 5.29. The number of amides is 1. The number of piperazine rings is 1. The first kappa shape index (κ1) is 20.8. The second kappa shape index (κ2) is 8.71. The van der Waals surface area contributed by atoms with Crippen LogP contribution in [0.5, 0.6) is 0 Å². The van der Waals surface area contributed by atoms with E-state index >= 15 is 0 Å². The van der Waals surface area contributed by atoms with Crippen molar-refractivity contribution in [2.24, 2.45) is 7.05 Å². The smallest absolute Gasteiger partial charge is 0.272 e. The van der Waals surface area contributed by atoms with E-state index in [1.807, 2.05) is 24.8 Å². The highest BCUT2D eigenvalue weighted by molar-refractivity contribution is 5.94. The molecule has 0 bridgehead atoms. The van der Waals surface area contributed by atoms with Crippen molar-refractivity contribution in [2.45, 2.75) is 13.8 Å². The highest BCUT2D eigenvalue weighted by atomic mass is 19.1. The Bertz CT molecular complexity index is 1070. The lowest BCUT2D eigenvalue weighted by Crippen LogP contribution is -2.49. The summed E-state index contributed by atoms with van der Waals surface area (Å²) in [6, 6.07) is 9.78. The SMILES string of the molecule is CCNc1cc(C)nc(N2CCN(C(=O)c3cc(-c4ccc(F)cc4)nn3C)CC2)n1. The number of carbonyl (C=O) groups is 1. The molecule has 1 N–H and O–H groups in total. The average molecular weight is 423 g/mol. The zero-order valence-corrected chi connectivity index (χ0v) is 18.0. The van der Waals surface area contributed by atoms with Gasteiger partial charge in [0.25, 0.3) is 5.91 Å². The van der Waals surface area contributed by atoms with Gasteiger partial charge in [0.2, 0.25) is 5.95 Å². The summed E-state index contributed by atoms with van der Waals surface area (Å²) >= 11 is 0. The zero-order chi connectivity index (χ0) is 22.0. The number of benzene rings is 1. The van der Waals surface area contributed by atoms with E-state index in [9.17, 15) is 9.18 Å². The van der Waals surface area contributed by atoms with Crippen LogP contribution in [0.15, 0.2) is 36.4 Å². The Hall–Kier alpha value is -3.49. The molecule has 0 aliphatic carbocycles. The Balaban J connectivity index is 1.45. The minimum absolute atomic E-state index is 0.0680. The minimum Gasteiger partial charge on any atom is -0.370 e. The number of anilines is 2. The largest absolute Gasteiger partial charge is 0.370 e. The van der Waals surface area contributed by atoms with E-state index in [-0.39, 0.29) is 11.7 Å². The third-order valence-corrected chi connectivity index (χ3v) is 5.29. The predicted molar refractivity (Wildman–Crippen MR) is 118 cm³/mol. The molecule has 2 aromatic heterocycles. The molecule has 0 saturated carbocycles. The molecule has 1 amide bonds. The maximum Gasteiger partial charge on any atom is 0.272 e. The summed E-state index contributed by atoms with van der Waals surface area (Å²) in [4.78, 5) is 26.2. The second-order valence-electron chi connectivity index (χ2n) is 7.55. The van der Waals surface area contributed by atoms with Crippen LogP contribution in [0.25, 0.3) is 11.3 Å². The van der Waals surface area contributed by atoms with Crippen molar-refractivity contribution in [2.75, 3.05) is 42.9 Å². The van der Waals surface area contributed by atoms with Crippen LogP contribution in [-0.4, -0.2) is 63.3 Å². The van der Waals surface area contributed by atoms with E-state index in [0.29, 0.717) is 43.5 Å². The first-order chi connectivity index (χ1) is 14.9. The van der Waals surface area contributed by atoms with Gasteiger partial charge in [0, 0.05) is 57.1 Å². The molecule has 8 nitrogen and oxygen atoms in total. The summed E-state index contributed by atoms with van der Waals surface area (Å²) in [5.74, 6) is 1.12. The summed E-state index contributed by atoms with van der Waals surface area (Å²) in [6.07, 6.45) is 0. The lowest BCUT2D eigenvalue weighted by molar-refractivity contribution is 0.0735. The van der Waals surface area contributed by atoms with Crippen LogP contribution in [0.2, 0.25) is 0 Å². The fourth-order valence-corrected chi connectivity index (χ4v) is 3.67. The maximum absolute atomic E-state index is 13.2. The zero-order valence-electron chi connectivity index (χ0n) is 18.0. The maximum atomic E-state index is 13.2. The van der Waals surface area contributed by atoms with Crippen molar-refractivity contribution < 1.29 is 9.18 Å². The molecule has 3 aromatic rings. The predicted octanol–water partition coefficient (Wildman–Crippen LogP) is 2.72. The van der Waals surface area contributed by atoms with Crippen LogP contribution in [0.1, 0.15) is 23.1 Å². The molecule has 1 aromatic carbocycles. The quantitative estimate of drug-likeness (QED) is 0.680. The van der Waals surface area contributed by atoms with Gasteiger partial charge >= 0.3 is 0 Å². The molecule has 162 valence electrons. The number of hydrogen-bond acceptors (Lipinski definition) is 6. The highest BCUT2D eigenvalue weighted by Gasteiger charge is 2.26. The fraction of sp³-hybridized carbons (Fsp3) is 0.364. The molecule has 3 heterocycles. The molecule has 9 heteroatoms. The van der Waals surface area contributed by atoms with Crippen LogP contribution in [-0.2, 0) is 7.05 Å². The average Bonchev–Trinajstić information content (AvgIpc) is 3.15. The van der Waals surface area contributed by atoms with Gasteiger partial charge in [-0.2, -0.15) is 10.1 Å². The van der Waals surface area contributed by atoms with Crippen LogP contribution in [0, 0.1) is 12.7 Å². The lowest BCUT2D eigenvalue weighted by Gasteiger charge is -2.34. The number of hydrogen-bond donors (Lipinski definition) is 1. The summed E-state index contributed by atoms with van der Waals surface area (Å²) in [6.45, 7) is 7.23. The van der Waals surface area contributed by atoms with Gasteiger partial charge in [-0.1, -0.05) is 0 Å². The molecule has 1 aliphatic heterocycles. The first-order valence-electron chi connectivity index (χ1n) is 10.4. The van der Waals surface area contributed by atoms with Crippen LogP contribution in [0.3, 0.4) is 0 Å². The van der Waals surface area contributed by atoms with Crippen molar-refractivity contribution in [1.29, 1.82) is 0 Å². The van der Waals surface area contributed by atoms with Crippen LogP contribution >= 0.6 is 0 Å². The number of nitrogens with zero attached hydrogens (tertiary/aromatic N) is 6. The molecular formula is C22H26FN7O. The van der Waals surface area contributed by atoms with Gasteiger partial charge in [-0.15, -0.1) is 0 Å².